The predicted octanol–water partition coefficient (Wildman–Crippen LogP) is 4.22. The molecule has 8 heteroatoms. The maximum Gasteiger partial charge on any atom is 0.259 e. The first-order chi connectivity index (χ1) is 13.5. The topological polar surface area (TPSA) is 66.7 Å². The van der Waals surface area contributed by atoms with Crippen LogP contribution in [0.5, 0.6) is 0 Å². The Kier molecular flexibility index (Phi) is 5.10. The summed E-state index contributed by atoms with van der Waals surface area (Å²) in [5, 5.41) is 16.1. The van der Waals surface area contributed by atoms with E-state index in [0.717, 1.165) is 5.56 Å². The van der Waals surface area contributed by atoms with Crippen LogP contribution in [0.25, 0.3) is 6.08 Å². The summed E-state index contributed by atoms with van der Waals surface area (Å²) in [5.41, 5.74) is 1.47. The van der Waals surface area contributed by atoms with Crippen molar-refractivity contribution in [3.63, 3.8) is 0 Å². The Labute approximate surface area is 172 Å². The van der Waals surface area contributed by atoms with E-state index in [4.69, 9.17) is 23.2 Å². The van der Waals surface area contributed by atoms with Crippen molar-refractivity contribution in [2.45, 2.75) is 24.5 Å². The van der Waals surface area contributed by atoms with Crippen LogP contribution in [0, 0.1) is 10.1 Å². The van der Waals surface area contributed by atoms with Crippen molar-refractivity contribution in [1.29, 1.82) is 0 Å². The molecule has 0 spiro atoms. The molecule has 2 aliphatic rings. The first kappa shape index (κ1) is 18.9. The largest absolute Gasteiger partial charge is 0.273 e. The normalized spacial score (nSPS) is 24.9. The van der Waals surface area contributed by atoms with Crippen LogP contribution in [-0.2, 0) is 4.79 Å². The molecule has 1 amide bonds. The van der Waals surface area contributed by atoms with Crippen LogP contribution < -0.4 is 0 Å². The van der Waals surface area contributed by atoms with Gasteiger partial charge in [-0.15, -0.1) is 0 Å². The zero-order valence-electron chi connectivity index (χ0n) is 14.7. The zero-order chi connectivity index (χ0) is 19.8. The Morgan fingerprint density at radius 3 is 2.57 bits per heavy atom. The molecule has 2 aromatic rings. The van der Waals surface area contributed by atoms with E-state index in [2.05, 4.69) is 0 Å². The van der Waals surface area contributed by atoms with Crippen LogP contribution in [0.2, 0.25) is 10.0 Å². The van der Waals surface area contributed by atoms with E-state index < -0.39 is 18.1 Å². The Hall–Kier alpha value is -2.41. The van der Waals surface area contributed by atoms with Crippen LogP contribution in [-0.4, -0.2) is 39.5 Å². The van der Waals surface area contributed by atoms with Crippen molar-refractivity contribution in [3.8, 4) is 0 Å². The molecule has 0 bridgehead atoms. The van der Waals surface area contributed by atoms with Crippen molar-refractivity contribution < 1.29 is 9.72 Å². The molecule has 3 atom stereocenters. The van der Waals surface area contributed by atoms with Gasteiger partial charge >= 0.3 is 0 Å². The number of rotatable bonds is 4. The summed E-state index contributed by atoms with van der Waals surface area (Å²) in [6.45, 7) is 0.439. The lowest BCUT2D eigenvalue weighted by molar-refractivity contribution is -0.526. The Balaban J connectivity index is 1.78. The van der Waals surface area contributed by atoms with Crippen LogP contribution >= 0.6 is 23.2 Å². The molecule has 2 aromatic carbocycles. The fourth-order valence-electron chi connectivity index (χ4n) is 3.98. The number of carbonyl (C=O) groups excluding carboxylic acids is 1. The highest BCUT2D eigenvalue weighted by atomic mass is 35.5. The highest BCUT2D eigenvalue weighted by molar-refractivity contribution is 6.35. The number of halogens is 2. The molecule has 2 saturated heterocycles. The van der Waals surface area contributed by atoms with Gasteiger partial charge in [0.25, 0.3) is 6.04 Å². The highest BCUT2D eigenvalue weighted by Gasteiger charge is 2.58. The third-order valence-corrected chi connectivity index (χ3v) is 5.74. The van der Waals surface area contributed by atoms with Gasteiger partial charge in [0, 0.05) is 33.5 Å². The maximum atomic E-state index is 12.6. The minimum Gasteiger partial charge on any atom is -0.273 e. The van der Waals surface area contributed by atoms with Gasteiger partial charge in [0.05, 0.1) is 0 Å². The third-order valence-electron chi connectivity index (χ3n) is 5.18. The van der Waals surface area contributed by atoms with Crippen molar-refractivity contribution in [1.82, 2.24) is 10.0 Å². The van der Waals surface area contributed by atoms with E-state index >= 15 is 0 Å². The van der Waals surface area contributed by atoms with Gasteiger partial charge in [-0.3, -0.25) is 19.9 Å². The summed E-state index contributed by atoms with van der Waals surface area (Å²) in [6.07, 6.45) is 3.98. The van der Waals surface area contributed by atoms with Gasteiger partial charge in [-0.1, -0.05) is 71.8 Å². The lowest BCUT2D eigenvalue weighted by Crippen LogP contribution is -2.38. The Bertz CT molecular complexity index is 951. The Morgan fingerprint density at radius 1 is 1.14 bits per heavy atom. The fourth-order valence-corrected chi connectivity index (χ4v) is 4.50. The molecule has 4 rings (SSSR count). The SMILES string of the molecule is O=C1CCN2[C@@H](/C=C\c3ccccc3)[C@@H]([N+](=O)[O-])[C@H](c3ccc(Cl)cc3Cl)N12. The van der Waals surface area contributed by atoms with Crippen LogP contribution in [0.3, 0.4) is 0 Å². The van der Waals surface area contributed by atoms with Crippen molar-refractivity contribution in [2.24, 2.45) is 0 Å². The van der Waals surface area contributed by atoms with Gasteiger partial charge in [-0.2, -0.15) is 0 Å². The lowest BCUT2D eigenvalue weighted by Gasteiger charge is -2.25. The fraction of sp³-hybridized carbons (Fsp3) is 0.250. The highest BCUT2D eigenvalue weighted by Crippen LogP contribution is 2.44. The molecule has 0 N–H and O–H groups in total. The molecule has 0 saturated carbocycles. The molecule has 2 fully saturated rings. The lowest BCUT2D eigenvalue weighted by atomic mass is 9.94. The average molecular weight is 418 g/mol. The van der Waals surface area contributed by atoms with Crippen molar-refractivity contribution >= 4 is 35.2 Å². The van der Waals surface area contributed by atoms with Crippen LogP contribution in [0.1, 0.15) is 23.6 Å². The van der Waals surface area contributed by atoms with E-state index in [1.165, 1.54) is 5.01 Å². The number of benzene rings is 2. The number of nitro groups is 1. The minimum absolute atomic E-state index is 0.140. The molecule has 2 heterocycles. The molecular formula is C20H17Cl2N3O3. The van der Waals surface area contributed by atoms with E-state index in [1.54, 1.807) is 29.3 Å². The quantitative estimate of drug-likeness (QED) is 0.551. The molecule has 28 heavy (non-hydrogen) atoms. The molecule has 144 valence electrons. The number of fused-ring (bicyclic) bond motifs is 1. The second-order valence-electron chi connectivity index (χ2n) is 6.80. The summed E-state index contributed by atoms with van der Waals surface area (Å²) in [6, 6.07) is 12.0. The maximum absolute atomic E-state index is 12.6. The number of hydrogen-bond donors (Lipinski definition) is 0. The van der Waals surface area contributed by atoms with Gasteiger partial charge in [-0.05, 0) is 17.7 Å². The number of hydrogen-bond acceptors (Lipinski definition) is 4. The summed E-state index contributed by atoms with van der Waals surface area (Å²) in [5.74, 6) is -0.140. The molecule has 0 aromatic heterocycles. The van der Waals surface area contributed by atoms with Crippen molar-refractivity contribution in [3.05, 3.63) is 85.9 Å². The first-order valence-electron chi connectivity index (χ1n) is 8.87. The summed E-state index contributed by atoms with van der Waals surface area (Å²) >= 11 is 12.3. The number of amides is 1. The zero-order valence-corrected chi connectivity index (χ0v) is 16.3. The molecule has 0 radical (unpaired) electrons. The summed E-state index contributed by atoms with van der Waals surface area (Å²) < 4.78 is 0. The third kappa shape index (κ3) is 3.28. The van der Waals surface area contributed by atoms with Crippen LogP contribution in [0.4, 0.5) is 0 Å². The van der Waals surface area contributed by atoms with E-state index in [-0.39, 0.29) is 10.8 Å². The molecular weight excluding hydrogens is 401 g/mol. The monoisotopic (exact) mass is 417 g/mol. The van der Waals surface area contributed by atoms with Gasteiger partial charge in [0.1, 0.15) is 12.1 Å². The smallest absolute Gasteiger partial charge is 0.259 e. The molecule has 2 aliphatic heterocycles. The second kappa shape index (κ2) is 7.54. The summed E-state index contributed by atoms with van der Waals surface area (Å²) in [7, 11) is 0. The van der Waals surface area contributed by atoms with Gasteiger partial charge in [0.2, 0.25) is 5.91 Å². The van der Waals surface area contributed by atoms with Crippen LogP contribution in [0.15, 0.2) is 54.6 Å². The second-order valence-corrected chi connectivity index (χ2v) is 7.64. The molecule has 6 nitrogen and oxygen atoms in total. The standard InChI is InChI=1S/C20H17Cl2N3O3/c21-14-7-8-15(16(22)12-14)19-20(25(27)28)17(23-11-10-18(26)24(19)23)9-6-13-4-2-1-3-5-13/h1-9,12,17,19-20H,10-11H2/b9-6-/t17-,19-,20+/m0/s1. The number of carbonyl (C=O) groups is 1. The minimum atomic E-state index is -1.04. The molecule has 0 aliphatic carbocycles. The summed E-state index contributed by atoms with van der Waals surface area (Å²) in [4.78, 5) is 24.3. The Morgan fingerprint density at radius 2 is 1.89 bits per heavy atom. The van der Waals surface area contributed by atoms with E-state index in [0.29, 0.717) is 28.6 Å². The van der Waals surface area contributed by atoms with Crippen molar-refractivity contribution in [2.75, 3.05) is 6.54 Å². The van der Waals surface area contributed by atoms with Gasteiger partial charge in [-0.25, -0.2) is 5.01 Å². The van der Waals surface area contributed by atoms with Gasteiger partial charge in [0.15, 0.2) is 0 Å². The number of nitrogens with zero attached hydrogens (tertiary/aromatic N) is 3. The first-order valence-corrected chi connectivity index (χ1v) is 9.63. The van der Waals surface area contributed by atoms with E-state index in [1.807, 2.05) is 36.4 Å². The van der Waals surface area contributed by atoms with Gasteiger partial charge < -0.3 is 0 Å². The number of hydrazine groups is 1. The average Bonchev–Trinajstić information content (AvgIpc) is 3.19. The van der Waals surface area contributed by atoms with E-state index in [9.17, 15) is 14.9 Å². The predicted molar refractivity (Wildman–Crippen MR) is 107 cm³/mol. The molecule has 0 unspecified atom stereocenters.